The molecule has 5 heteroatoms. The van der Waals surface area contributed by atoms with Crippen LogP contribution in [0.1, 0.15) is 37.8 Å². The predicted molar refractivity (Wildman–Crippen MR) is 78.1 cm³/mol. The van der Waals surface area contributed by atoms with Gasteiger partial charge < -0.3 is 5.11 Å². The lowest BCUT2D eigenvalue weighted by molar-refractivity contribution is -0.144. The number of allylic oxidation sites excluding steroid dienone is 2. The fourth-order valence-electron chi connectivity index (χ4n) is 3.28. The summed E-state index contributed by atoms with van der Waals surface area (Å²) < 4.78 is 37.9. The SMILES string of the molecule is CCC1C(c2ccc(C(F)(F)F)cc2)=CCC(C(=O)O)C1C. The Balaban J connectivity index is 2.33. The highest BCUT2D eigenvalue weighted by Crippen LogP contribution is 2.42. The molecule has 1 aromatic rings. The first-order valence-corrected chi connectivity index (χ1v) is 7.36. The normalized spacial score (nSPS) is 25.7. The maximum atomic E-state index is 12.6. The number of aliphatic carboxylic acids is 1. The Hall–Kier alpha value is -1.78. The van der Waals surface area contributed by atoms with Crippen molar-refractivity contribution in [2.24, 2.45) is 17.8 Å². The summed E-state index contributed by atoms with van der Waals surface area (Å²) >= 11 is 0. The summed E-state index contributed by atoms with van der Waals surface area (Å²) in [5, 5.41) is 9.25. The van der Waals surface area contributed by atoms with E-state index in [1.54, 1.807) is 0 Å². The zero-order valence-electron chi connectivity index (χ0n) is 12.5. The lowest BCUT2D eigenvalue weighted by Gasteiger charge is -2.34. The van der Waals surface area contributed by atoms with Gasteiger partial charge in [0.1, 0.15) is 0 Å². The van der Waals surface area contributed by atoms with Crippen molar-refractivity contribution in [1.29, 1.82) is 0 Å². The molecule has 0 aromatic heterocycles. The van der Waals surface area contributed by atoms with Gasteiger partial charge in [-0.3, -0.25) is 4.79 Å². The smallest absolute Gasteiger partial charge is 0.416 e. The second-order valence-corrected chi connectivity index (χ2v) is 5.79. The van der Waals surface area contributed by atoms with Crippen molar-refractivity contribution in [2.75, 3.05) is 0 Å². The van der Waals surface area contributed by atoms with Gasteiger partial charge in [-0.1, -0.05) is 32.1 Å². The van der Waals surface area contributed by atoms with Gasteiger partial charge in [-0.2, -0.15) is 13.2 Å². The minimum absolute atomic E-state index is 0.0372. The number of benzene rings is 1. The number of carbonyl (C=O) groups is 1. The Kier molecular flexibility index (Phi) is 4.63. The average Bonchev–Trinajstić information content (AvgIpc) is 2.45. The lowest BCUT2D eigenvalue weighted by atomic mass is 9.70. The molecule has 2 rings (SSSR count). The molecular formula is C17H19F3O2. The third-order valence-corrected chi connectivity index (χ3v) is 4.56. The molecule has 0 fully saturated rings. The Morgan fingerprint density at radius 1 is 1.27 bits per heavy atom. The number of carboxylic acids is 1. The molecule has 3 unspecified atom stereocenters. The summed E-state index contributed by atoms with van der Waals surface area (Å²) in [4.78, 5) is 11.3. The molecule has 0 spiro atoms. The highest BCUT2D eigenvalue weighted by Gasteiger charge is 2.35. The summed E-state index contributed by atoms with van der Waals surface area (Å²) in [6.07, 6.45) is -1.29. The monoisotopic (exact) mass is 312 g/mol. The summed E-state index contributed by atoms with van der Waals surface area (Å²) in [6.45, 7) is 3.88. The lowest BCUT2D eigenvalue weighted by Crippen LogP contribution is -2.30. The molecule has 0 bridgehead atoms. The molecule has 1 N–H and O–H groups in total. The molecule has 0 heterocycles. The molecule has 1 aliphatic carbocycles. The molecule has 3 atom stereocenters. The quantitative estimate of drug-likeness (QED) is 0.866. The van der Waals surface area contributed by atoms with Crippen LogP contribution < -0.4 is 0 Å². The first-order valence-electron chi connectivity index (χ1n) is 7.36. The largest absolute Gasteiger partial charge is 0.481 e. The van der Waals surface area contributed by atoms with Crippen LogP contribution in [0.25, 0.3) is 5.57 Å². The van der Waals surface area contributed by atoms with E-state index in [1.807, 2.05) is 19.9 Å². The molecule has 120 valence electrons. The van der Waals surface area contributed by atoms with Gasteiger partial charge in [0.05, 0.1) is 11.5 Å². The molecule has 0 amide bonds. The van der Waals surface area contributed by atoms with Gasteiger partial charge in [-0.05, 0) is 47.9 Å². The standard InChI is InChI=1S/C17H19F3O2/c1-3-13-10(2)14(16(21)22)8-9-15(13)11-4-6-12(7-5-11)17(18,19)20/h4-7,9-10,13-14H,3,8H2,1-2H3,(H,21,22). The molecular weight excluding hydrogens is 293 g/mol. The first-order chi connectivity index (χ1) is 10.3. The van der Waals surface area contributed by atoms with Gasteiger partial charge in [0.2, 0.25) is 0 Å². The van der Waals surface area contributed by atoms with E-state index < -0.39 is 23.6 Å². The minimum atomic E-state index is -4.34. The van der Waals surface area contributed by atoms with Gasteiger partial charge in [-0.25, -0.2) is 0 Å². The fourth-order valence-corrected chi connectivity index (χ4v) is 3.28. The first kappa shape index (κ1) is 16.6. The zero-order valence-corrected chi connectivity index (χ0v) is 12.5. The van der Waals surface area contributed by atoms with E-state index in [0.29, 0.717) is 6.42 Å². The maximum absolute atomic E-state index is 12.6. The minimum Gasteiger partial charge on any atom is -0.481 e. The van der Waals surface area contributed by atoms with Crippen LogP contribution in [-0.2, 0) is 11.0 Å². The molecule has 2 nitrogen and oxygen atoms in total. The summed E-state index contributed by atoms with van der Waals surface area (Å²) in [6, 6.07) is 5.12. The van der Waals surface area contributed by atoms with Crippen molar-refractivity contribution in [3.63, 3.8) is 0 Å². The van der Waals surface area contributed by atoms with E-state index >= 15 is 0 Å². The maximum Gasteiger partial charge on any atom is 0.416 e. The highest BCUT2D eigenvalue weighted by molar-refractivity contribution is 5.75. The van der Waals surface area contributed by atoms with E-state index in [1.165, 1.54) is 12.1 Å². The molecule has 1 aromatic carbocycles. The van der Waals surface area contributed by atoms with Gasteiger partial charge in [0, 0.05) is 0 Å². The average molecular weight is 312 g/mol. The van der Waals surface area contributed by atoms with Crippen LogP contribution in [0.5, 0.6) is 0 Å². The van der Waals surface area contributed by atoms with Crippen LogP contribution in [0.15, 0.2) is 30.3 Å². The van der Waals surface area contributed by atoms with Crippen LogP contribution in [0.2, 0.25) is 0 Å². The number of rotatable bonds is 3. The van der Waals surface area contributed by atoms with Crippen LogP contribution in [0.3, 0.4) is 0 Å². The van der Waals surface area contributed by atoms with Crippen molar-refractivity contribution < 1.29 is 23.1 Å². The third-order valence-electron chi connectivity index (χ3n) is 4.56. The topological polar surface area (TPSA) is 37.3 Å². The predicted octanol–water partition coefficient (Wildman–Crippen LogP) is 4.86. The van der Waals surface area contributed by atoms with E-state index in [4.69, 9.17) is 0 Å². The molecule has 1 aliphatic rings. The number of halogens is 3. The van der Waals surface area contributed by atoms with Crippen LogP contribution in [0, 0.1) is 17.8 Å². The highest BCUT2D eigenvalue weighted by atomic mass is 19.4. The summed E-state index contributed by atoms with van der Waals surface area (Å²) in [5.41, 5.74) is 1.04. The number of alkyl halides is 3. The second-order valence-electron chi connectivity index (χ2n) is 5.79. The van der Waals surface area contributed by atoms with Gasteiger partial charge in [0.25, 0.3) is 0 Å². The van der Waals surface area contributed by atoms with E-state index in [2.05, 4.69) is 0 Å². The molecule has 0 radical (unpaired) electrons. The van der Waals surface area contributed by atoms with Crippen molar-refractivity contribution in [3.8, 4) is 0 Å². The molecule has 22 heavy (non-hydrogen) atoms. The van der Waals surface area contributed by atoms with Crippen LogP contribution >= 0.6 is 0 Å². The molecule has 0 aliphatic heterocycles. The van der Waals surface area contributed by atoms with Gasteiger partial charge in [-0.15, -0.1) is 0 Å². The van der Waals surface area contributed by atoms with Gasteiger partial charge in [0.15, 0.2) is 0 Å². The fraction of sp³-hybridized carbons (Fsp3) is 0.471. The Morgan fingerprint density at radius 2 is 1.86 bits per heavy atom. The summed E-state index contributed by atoms with van der Waals surface area (Å²) in [5.74, 6) is -1.23. The van der Waals surface area contributed by atoms with E-state index in [-0.39, 0.29) is 11.8 Å². The Labute approximate surface area is 127 Å². The molecule has 0 saturated heterocycles. The van der Waals surface area contributed by atoms with Crippen molar-refractivity contribution >= 4 is 11.5 Å². The molecule has 0 saturated carbocycles. The summed E-state index contributed by atoms with van der Waals surface area (Å²) in [7, 11) is 0. The van der Waals surface area contributed by atoms with Crippen LogP contribution in [-0.4, -0.2) is 11.1 Å². The Bertz CT molecular complexity index is 573. The van der Waals surface area contributed by atoms with Crippen LogP contribution in [0.4, 0.5) is 13.2 Å². The number of carboxylic acid groups (broad SMARTS) is 1. The van der Waals surface area contributed by atoms with Crippen molar-refractivity contribution in [1.82, 2.24) is 0 Å². The number of hydrogen-bond donors (Lipinski definition) is 1. The zero-order chi connectivity index (χ0) is 16.5. The van der Waals surface area contributed by atoms with Crippen molar-refractivity contribution in [3.05, 3.63) is 41.5 Å². The third kappa shape index (κ3) is 3.18. The van der Waals surface area contributed by atoms with Crippen molar-refractivity contribution in [2.45, 2.75) is 32.9 Å². The Morgan fingerprint density at radius 3 is 2.32 bits per heavy atom. The van der Waals surface area contributed by atoms with E-state index in [9.17, 15) is 23.1 Å². The number of hydrogen-bond acceptors (Lipinski definition) is 1. The second kappa shape index (κ2) is 6.15. The van der Waals surface area contributed by atoms with Gasteiger partial charge >= 0.3 is 12.1 Å². The van der Waals surface area contributed by atoms with E-state index in [0.717, 1.165) is 29.7 Å².